The Hall–Kier alpha value is -4.42. The van der Waals surface area contributed by atoms with E-state index in [4.69, 9.17) is 10.1 Å². The summed E-state index contributed by atoms with van der Waals surface area (Å²) in [5.74, 6) is 0.130. The zero-order valence-electron chi connectivity index (χ0n) is 32.1. The van der Waals surface area contributed by atoms with Gasteiger partial charge in [0.2, 0.25) is 10.0 Å². The standard InChI is InChI=1S/C41H54N6O5S/c1-8-43-38(35(21-42)41(49)46-22-26(4)45(6)27(5)23-46)31-18-30-19-32(52-7)15-17-33(30)39-37(28-12-10-9-11-13-28)34-16-14-29(20-36(34)47(39)24-31)40(48)44-53(50,51)25(2)3/h14-21,25-28,42-43H,8-13,22-24H2,1-7H3,(H,44,48)/b38-35+,42-21?/t26-,27+. The lowest BCUT2D eigenvalue weighted by molar-refractivity contribution is -0.130. The lowest BCUT2D eigenvalue weighted by Crippen LogP contribution is -2.56. The van der Waals surface area contributed by atoms with Crippen molar-refractivity contribution in [1.29, 1.82) is 5.41 Å². The van der Waals surface area contributed by atoms with Gasteiger partial charge in [-0.3, -0.25) is 14.5 Å². The summed E-state index contributed by atoms with van der Waals surface area (Å²) in [5, 5.41) is 12.3. The molecule has 2 aromatic carbocycles. The van der Waals surface area contributed by atoms with Crippen LogP contribution in [0.25, 0.3) is 28.2 Å². The second-order valence-corrected chi connectivity index (χ2v) is 17.3. The van der Waals surface area contributed by atoms with Gasteiger partial charge in [0, 0.05) is 60.0 Å². The first-order valence-corrected chi connectivity index (χ1v) is 20.4. The number of nitrogens with zero attached hydrogens (tertiary/aromatic N) is 3. The number of nitrogens with one attached hydrogen (secondary N) is 3. The quantitative estimate of drug-likeness (QED) is 0.164. The number of piperazine rings is 1. The molecule has 0 radical (unpaired) electrons. The zero-order valence-corrected chi connectivity index (χ0v) is 32.9. The number of sulfonamides is 1. The van der Waals surface area contributed by atoms with Crippen LogP contribution < -0.4 is 14.8 Å². The third-order valence-corrected chi connectivity index (χ3v) is 13.1. The molecule has 3 N–H and O–H groups in total. The van der Waals surface area contributed by atoms with Gasteiger partial charge in [-0.25, -0.2) is 13.1 Å². The molecule has 1 saturated carbocycles. The molecule has 1 saturated heterocycles. The highest BCUT2D eigenvalue weighted by molar-refractivity contribution is 7.90. The smallest absolute Gasteiger partial charge is 0.264 e. The number of aromatic nitrogens is 1. The number of benzene rings is 2. The number of carbonyl (C=O) groups is 2. The molecule has 0 bridgehead atoms. The summed E-state index contributed by atoms with van der Waals surface area (Å²) in [6.07, 6.45) is 8.81. The molecule has 2 aliphatic heterocycles. The van der Waals surface area contributed by atoms with E-state index in [1.165, 1.54) is 32.0 Å². The number of hydrogen-bond donors (Lipinski definition) is 3. The number of allylic oxidation sites excluding steroid dienone is 1. The third kappa shape index (κ3) is 7.40. The van der Waals surface area contributed by atoms with Crippen molar-refractivity contribution in [3.05, 3.63) is 69.9 Å². The van der Waals surface area contributed by atoms with E-state index in [0.29, 0.717) is 43.5 Å². The van der Waals surface area contributed by atoms with Crippen LogP contribution in [-0.4, -0.2) is 91.9 Å². The topological polar surface area (TPSA) is 137 Å². The first-order valence-electron chi connectivity index (χ1n) is 18.9. The Labute approximate surface area is 314 Å². The molecule has 53 heavy (non-hydrogen) atoms. The van der Waals surface area contributed by atoms with Crippen LogP contribution in [0.3, 0.4) is 0 Å². The van der Waals surface area contributed by atoms with E-state index in [1.54, 1.807) is 19.2 Å². The van der Waals surface area contributed by atoms with Gasteiger partial charge in [-0.2, -0.15) is 0 Å². The molecule has 12 heteroatoms. The van der Waals surface area contributed by atoms with Crippen LogP contribution in [0.15, 0.2) is 53.2 Å². The summed E-state index contributed by atoms with van der Waals surface area (Å²) in [4.78, 5) is 32.0. The summed E-state index contributed by atoms with van der Waals surface area (Å²) >= 11 is 0. The zero-order chi connectivity index (χ0) is 38.2. The molecule has 11 nitrogen and oxygen atoms in total. The van der Waals surface area contributed by atoms with Gasteiger partial charge in [-0.1, -0.05) is 25.3 Å². The van der Waals surface area contributed by atoms with Crippen LogP contribution in [0, 0.1) is 5.41 Å². The Bertz CT molecular complexity index is 2080. The molecular weight excluding hydrogens is 689 g/mol. The summed E-state index contributed by atoms with van der Waals surface area (Å²) in [7, 11) is -0.123. The Morgan fingerprint density at radius 2 is 1.74 bits per heavy atom. The fraction of sp³-hybridized carbons (Fsp3) is 0.488. The molecule has 3 aliphatic rings. The summed E-state index contributed by atoms with van der Waals surface area (Å²) in [5.41, 5.74) is 6.95. The summed E-state index contributed by atoms with van der Waals surface area (Å²) in [6, 6.07) is 11.9. The van der Waals surface area contributed by atoms with Gasteiger partial charge in [-0.15, -0.1) is 0 Å². The highest BCUT2D eigenvalue weighted by Crippen LogP contribution is 2.47. The molecule has 3 heterocycles. The van der Waals surface area contributed by atoms with Crippen LogP contribution in [0.2, 0.25) is 0 Å². The van der Waals surface area contributed by atoms with Crippen molar-refractivity contribution in [2.24, 2.45) is 0 Å². The van der Waals surface area contributed by atoms with Crippen LogP contribution in [0.5, 0.6) is 5.75 Å². The number of likely N-dealkylation sites (N-methyl/N-ethyl adjacent to an activating group) is 2. The van der Waals surface area contributed by atoms with Gasteiger partial charge in [0.15, 0.2) is 0 Å². The Kier molecular flexibility index (Phi) is 11.2. The number of carbonyl (C=O) groups excluding carboxylic acids is 2. The first kappa shape index (κ1) is 38.3. The Morgan fingerprint density at radius 1 is 1.04 bits per heavy atom. The van der Waals surface area contributed by atoms with Crippen molar-refractivity contribution in [2.45, 2.75) is 96.5 Å². The predicted octanol–water partition coefficient (Wildman–Crippen LogP) is 6.29. The molecule has 0 unspecified atom stereocenters. The van der Waals surface area contributed by atoms with Crippen LogP contribution in [0.4, 0.5) is 0 Å². The number of rotatable bonds is 10. The van der Waals surface area contributed by atoms with Gasteiger partial charge in [0.1, 0.15) is 5.75 Å². The minimum atomic E-state index is -3.85. The molecule has 284 valence electrons. The molecule has 1 aromatic heterocycles. The van der Waals surface area contributed by atoms with Gasteiger partial charge < -0.3 is 24.9 Å². The molecule has 2 fully saturated rings. The number of fused-ring (bicyclic) bond motifs is 5. The second kappa shape index (κ2) is 15.5. The molecule has 1 aliphatic carbocycles. The van der Waals surface area contributed by atoms with E-state index in [1.807, 2.05) is 30.0 Å². The van der Waals surface area contributed by atoms with Crippen molar-refractivity contribution < 1.29 is 22.7 Å². The second-order valence-electron chi connectivity index (χ2n) is 15.1. The Balaban J connectivity index is 1.59. The van der Waals surface area contributed by atoms with Crippen molar-refractivity contribution in [1.82, 2.24) is 24.4 Å². The monoisotopic (exact) mass is 742 g/mol. The van der Waals surface area contributed by atoms with E-state index in [0.717, 1.165) is 59.0 Å². The first-order chi connectivity index (χ1) is 25.3. The summed E-state index contributed by atoms with van der Waals surface area (Å²) < 4.78 is 35.7. The highest BCUT2D eigenvalue weighted by Gasteiger charge is 2.34. The molecule has 0 spiro atoms. The predicted molar refractivity (Wildman–Crippen MR) is 212 cm³/mol. The molecule has 2 atom stereocenters. The maximum Gasteiger partial charge on any atom is 0.264 e. The number of amides is 2. The fourth-order valence-electron chi connectivity index (χ4n) is 8.18. The van der Waals surface area contributed by atoms with Crippen molar-refractivity contribution in [2.75, 3.05) is 33.8 Å². The average Bonchev–Trinajstić information content (AvgIpc) is 3.35. The maximum atomic E-state index is 14.4. The van der Waals surface area contributed by atoms with E-state index in [-0.39, 0.29) is 29.1 Å². The van der Waals surface area contributed by atoms with Crippen LogP contribution in [0.1, 0.15) is 94.1 Å². The maximum absolute atomic E-state index is 14.4. The Morgan fingerprint density at radius 3 is 2.36 bits per heavy atom. The molecular formula is C41H54N6O5S. The number of hydrogen-bond acceptors (Lipinski definition) is 8. The van der Waals surface area contributed by atoms with Gasteiger partial charge in [0.05, 0.1) is 35.9 Å². The average molecular weight is 743 g/mol. The van der Waals surface area contributed by atoms with E-state index in [2.05, 4.69) is 52.5 Å². The number of methoxy groups -OCH3 is 1. The molecule has 3 aromatic rings. The normalized spacial score (nSPS) is 20.2. The fourth-order valence-corrected chi connectivity index (χ4v) is 8.79. The minimum Gasteiger partial charge on any atom is -0.497 e. The van der Waals surface area contributed by atoms with Gasteiger partial charge >= 0.3 is 0 Å². The van der Waals surface area contributed by atoms with Crippen molar-refractivity contribution in [3.63, 3.8) is 0 Å². The van der Waals surface area contributed by atoms with E-state index < -0.39 is 21.2 Å². The van der Waals surface area contributed by atoms with E-state index >= 15 is 0 Å². The number of ether oxygens (including phenoxy) is 1. The lowest BCUT2D eigenvalue weighted by atomic mass is 9.81. The molecule has 6 rings (SSSR count). The van der Waals surface area contributed by atoms with Gasteiger partial charge in [-0.05, 0) is 114 Å². The lowest BCUT2D eigenvalue weighted by Gasteiger charge is -2.42. The summed E-state index contributed by atoms with van der Waals surface area (Å²) in [6.45, 7) is 11.3. The minimum absolute atomic E-state index is 0.169. The van der Waals surface area contributed by atoms with Crippen LogP contribution in [-0.2, 0) is 21.4 Å². The van der Waals surface area contributed by atoms with Crippen molar-refractivity contribution >= 4 is 45.0 Å². The largest absolute Gasteiger partial charge is 0.497 e. The van der Waals surface area contributed by atoms with Crippen molar-refractivity contribution in [3.8, 4) is 17.0 Å². The highest BCUT2D eigenvalue weighted by atomic mass is 32.2. The van der Waals surface area contributed by atoms with Crippen LogP contribution >= 0.6 is 0 Å². The third-order valence-electron chi connectivity index (χ3n) is 11.4. The van der Waals surface area contributed by atoms with E-state index in [9.17, 15) is 18.0 Å². The molecule has 2 amide bonds. The SMILES string of the molecule is CCN/C(C1=Cc2cc(OC)ccc2-c2c(C3CCCCC3)c3ccc(C(=O)NS(=O)(=O)C(C)C)cc3n2C1)=C(\C=N)C(=O)N1C[C@@H](C)N(C)[C@@H](C)C1. The van der Waals surface area contributed by atoms with Gasteiger partial charge in [0.25, 0.3) is 11.8 Å².